The van der Waals surface area contributed by atoms with Crippen LogP contribution in [0.2, 0.25) is 0 Å². The van der Waals surface area contributed by atoms with Crippen molar-refractivity contribution in [2.45, 2.75) is 0 Å². The standard InChI is InChI=1S/C32H16N6O2S4/c1-35-17(15-33)13-19-5-7-21(41-19)23-9-11-25(43-23)29-27-28(32(40)37(29)3)30(38(4)31(27)39)26-12-10-24(44-26)22-8-6-20(42-22)14-18(16-34)36-2/h5-14H,3-4H3/b17-13-,18-14+. The molecule has 6 rings (SSSR count). The van der Waals surface area contributed by atoms with Crippen molar-refractivity contribution in [1.82, 2.24) is 9.80 Å². The van der Waals surface area contributed by atoms with E-state index in [2.05, 4.69) is 9.69 Å². The summed E-state index contributed by atoms with van der Waals surface area (Å²) in [5, 5.41) is 18.1. The van der Waals surface area contributed by atoms with Gasteiger partial charge in [-0.25, -0.2) is 20.2 Å². The highest BCUT2D eigenvalue weighted by atomic mass is 32.1. The average molecular weight is 645 g/mol. The molecule has 44 heavy (non-hydrogen) atoms. The molecule has 2 aliphatic heterocycles. The summed E-state index contributed by atoms with van der Waals surface area (Å²) in [7, 11) is 3.36. The fourth-order valence-corrected chi connectivity index (χ4v) is 9.13. The zero-order valence-corrected chi connectivity index (χ0v) is 26.2. The zero-order valence-electron chi connectivity index (χ0n) is 22.9. The van der Waals surface area contributed by atoms with E-state index in [0.717, 1.165) is 39.0 Å². The van der Waals surface area contributed by atoms with E-state index in [0.29, 0.717) is 22.5 Å². The van der Waals surface area contributed by atoms with Crippen molar-refractivity contribution < 1.29 is 9.59 Å². The molecule has 0 N–H and O–H groups in total. The number of nitrogens with zero attached hydrogens (tertiary/aromatic N) is 6. The molecule has 0 saturated heterocycles. The molecule has 210 valence electrons. The largest absolute Gasteiger partial charge is 0.309 e. The minimum atomic E-state index is -0.244. The van der Waals surface area contributed by atoms with Crippen molar-refractivity contribution in [1.29, 1.82) is 10.5 Å². The number of carbonyl (C=O) groups excluding carboxylic acids is 2. The van der Waals surface area contributed by atoms with Crippen molar-refractivity contribution in [3.8, 4) is 31.6 Å². The molecule has 0 radical (unpaired) electrons. The second-order valence-electron chi connectivity index (χ2n) is 9.41. The van der Waals surface area contributed by atoms with E-state index < -0.39 is 0 Å². The smallest absolute Gasteiger partial charge is 0.263 e. The molecule has 0 aliphatic carbocycles. The molecule has 2 amide bonds. The van der Waals surface area contributed by atoms with Gasteiger partial charge in [-0.05, 0) is 60.7 Å². The van der Waals surface area contributed by atoms with Crippen molar-refractivity contribution in [2.24, 2.45) is 0 Å². The molecule has 0 bridgehead atoms. The quantitative estimate of drug-likeness (QED) is 0.157. The van der Waals surface area contributed by atoms with E-state index in [4.69, 9.17) is 23.7 Å². The third-order valence-electron chi connectivity index (χ3n) is 6.88. The van der Waals surface area contributed by atoms with E-state index in [-0.39, 0.29) is 23.2 Å². The number of allylic oxidation sites excluding steroid dienone is 2. The maximum atomic E-state index is 13.7. The number of likely N-dealkylation sites (N-methyl/N-ethyl adjacent to an activating group) is 2. The minimum Gasteiger partial charge on any atom is -0.309 e. The van der Waals surface area contributed by atoms with Crippen LogP contribution < -0.4 is 0 Å². The molecular weight excluding hydrogens is 629 g/mol. The number of nitriles is 2. The van der Waals surface area contributed by atoms with Gasteiger partial charge in [-0.3, -0.25) is 9.59 Å². The lowest BCUT2D eigenvalue weighted by Gasteiger charge is -2.18. The summed E-state index contributed by atoms with van der Waals surface area (Å²) in [6, 6.07) is 19.0. The fourth-order valence-electron chi connectivity index (χ4n) is 4.87. The van der Waals surface area contributed by atoms with Crippen molar-refractivity contribution >= 4 is 80.7 Å². The predicted octanol–water partition coefficient (Wildman–Crippen LogP) is 7.90. The molecule has 8 nitrogen and oxygen atoms in total. The average Bonchev–Trinajstić information content (AvgIpc) is 3.87. The van der Waals surface area contributed by atoms with Gasteiger partial charge in [-0.2, -0.15) is 0 Å². The van der Waals surface area contributed by atoms with E-state index >= 15 is 0 Å². The minimum absolute atomic E-state index is 0.0169. The third-order valence-corrected chi connectivity index (χ3v) is 11.5. The Morgan fingerprint density at radius 2 is 0.977 bits per heavy atom. The summed E-state index contributed by atoms with van der Waals surface area (Å²) in [6.45, 7) is 14.2. The normalized spacial score (nSPS) is 15.0. The molecule has 0 unspecified atom stereocenters. The Kier molecular flexibility index (Phi) is 7.45. The van der Waals surface area contributed by atoms with Crippen LogP contribution in [0.15, 0.2) is 71.1 Å². The van der Waals surface area contributed by atoms with E-state index in [1.54, 1.807) is 36.0 Å². The lowest BCUT2D eigenvalue weighted by atomic mass is 10.1. The first kappa shape index (κ1) is 28.8. The lowest BCUT2D eigenvalue weighted by molar-refractivity contribution is -0.123. The van der Waals surface area contributed by atoms with Crippen molar-refractivity contribution in [3.63, 3.8) is 0 Å². The lowest BCUT2D eigenvalue weighted by Crippen LogP contribution is -2.24. The molecule has 0 saturated carbocycles. The third kappa shape index (κ3) is 4.79. The molecule has 0 fully saturated rings. The highest BCUT2D eigenvalue weighted by Crippen LogP contribution is 2.49. The van der Waals surface area contributed by atoms with Crippen molar-refractivity contribution in [2.75, 3.05) is 14.1 Å². The zero-order chi connectivity index (χ0) is 31.1. The van der Waals surface area contributed by atoms with E-state index in [1.807, 2.05) is 60.7 Å². The second-order valence-corrected chi connectivity index (χ2v) is 13.8. The Bertz CT molecular complexity index is 2020. The summed E-state index contributed by atoms with van der Waals surface area (Å²) in [4.78, 5) is 43.8. The number of amides is 2. The van der Waals surface area contributed by atoms with Gasteiger partial charge in [-0.1, -0.05) is 0 Å². The number of thiophene rings is 4. The summed E-state index contributed by atoms with van der Waals surface area (Å²) < 4.78 is 0. The number of carbonyl (C=O) groups is 2. The van der Waals surface area contributed by atoms with Crippen LogP contribution >= 0.6 is 45.3 Å². The topological polar surface area (TPSA) is 96.9 Å². The van der Waals surface area contributed by atoms with Gasteiger partial charge in [0, 0.05) is 43.4 Å². The van der Waals surface area contributed by atoms with Gasteiger partial charge < -0.3 is 9.80 Å². The first-order chi connectivity index (χ1) is 21.3. The summed E-state index contributed by atoms with van der Waals surface area (Å²) >= 11 is 5.86. The Morgan fingerprint density at radius 1 is 0.636 bits per heavy atom. The first-order valence-electron chi connectivity index (χ1n) is 12.7. The van der Waals surface area contributed by atoms with Crippen LogP contribution in [-0.2, 0) is 9.59 Å². The van der Waals surface area contributed by atoms with E-state index in [9.17, 15) is 9.59 Å². The van der Waals surface area contributed by atoms with Gasteiger partial charge in [0.25, 0.3) is 23.2 Å². The maximum absolute atomic E-state index is 13.7. The van der Waals surface area contributed by atoms with Gasteiger partial charge in [-0.15, -0.1) is 45.3 Å². The highest BCUT2D eigenvalue weighted by molar-refractivity contribution is 7.23. The molecule has 4 aromatic heterocycles. The monoisotopic (exact) mass is 644 g/mol. The number of rotatable bonds is 6. The van der Waals surface area contributed by atoms with Gasteiger partial charge in [0.2, 0.25) is 0 Å². The number of hydrogen-bond acceptors (Lipinski definition) is 8. The molecule has 0 atom stereocenters. The Labute approximate surface area is 268 Å². The van der Waals surface area contributed by atoms with Gasteiger partial charge in [0.15, 0.2) is 0 Å². The van der Waals surface area contributed by atoms with Crippen LogP contribution in [0.4, 0.5) is 0 Å². The van der Waals surface area contributed by atoms with E-state index in [1.165, 1.54) is 45.3 Å². The van der Waals surface area contributed by atoms with Gasteiger partial charge in [0.1, 0.15) is 0 Å². The van der Waals surface area contributed by atoms with Crippen molar-refractivity contribution in [3.05, 3.63) is 113 Å². The van der Waals surface area contributed by atoms with Crippen LogP contribution in [0.3, 0.4) is 0 Å². The molecule has 2 aliphatic rings. The highest BCUT2D eigenvalue weighted by Gasteiger charge is 2.47. The maximum Gasteiger partial charge on any atom is 0.263 e. The second kappa shape index (κ2) is 11.4. The predicted molar refractivity (Wildman–Crippen MR) is 175 cm³/mol. The molecule has 0 spiro atoms. The SMILES string of the molecule is [C-]#[N+]/C(C#N)=C\c1ccc(-c2ccc(C3=C4C(=O)N(C)C(c5ccc(-c6ccc(/C=C(\C#N)[N+]#[C-])s6)s5)=C4C(=O)N3C)s2)s1. The molecule has 6 heterocycles. The molecule has 0 aromatic carbocycles. The van der Waals surface area contributed by atoms with Crippen LogP contribution in [0, 0.1) is 35.8 Å². The van der Waals surface area contributed by atoms with Crippen LogP contribution in [0.5, 0.6) is 0 Å². The summed E-state index contributed by atoms with van der Waals surface area (Å²) in [6.07, 6.45) is 3.11. The summed E-state index contributed by atoms with van der Waals surface area (Å²) in [5.74, 6) is -0.489. The molecule has 4 aromatic rings. The van der Waals surface area contributed by atoms with Crippen LogP contribution in [-0.4, -0.2) is 35.7 Å². The first-order valence-corrected chi connectivity index (χ1v) is 16.0. The number of hydrogen-bond donors (Lipinski definition) is 0. The van der Waals surface area contributed by atoms with Crippen LogP contribution in [0.1, 0.15) is 19.5 Å². The Morgan fingerprint density at radius 3 is 1.34 bits per heavy atom. The fraction of sp³-hybridized carbons (Fsp3) is 0.0625. The Hall–Kier alpha value is -5.34. The van der Waals surface area contributed by atoms with Crippen LogP contribution in [0.25, 0.3) is 52.7 Å². The molecular formula is C32H16N6O2S4. The molecule has 12 heteroatoms. The van der Waals surface area contributed by atoms with Gasteiger partial charge in [0.05, 0.1) is 57.6 Å². The summed E-state index contributed by atoms with van der Waals surface area (Å²) in [5.41, 5.74) is 1.95. The number of fused-ring (bicyclic) bond motifs is 1. The van der Waals surface area contributed by atoms with Gasteiger partial charge >= 0.3 is 0 Å². The Balaban J connectivity index is 1.36.